The minimum atomic E-state index is -0.122. The van der Waals surface area contributed by atoms with Crippen molar-refractivity contribution in [1.82, 2.24) is 4.90 Å². The van der Waals surface area contributed by atoms with Crippen LogP contribution in [-0.2, 0) is 4.74 Å². The number of carbonyl (C=O) groups excluding carboxylic acids is 1. The monoisotopic (exact) mass is 263 g/mol. The first-order valence-electron chi connectivity index (χ1n) is 4.83. The summed E-state index contributed by atoms with van der Waals surface area (Å²) in [6, 6.07) is 3.37. The third-order valence-corrected chi connectivity index (χ3v) is 3.23. The van der Waals surface area contributed by atoms with Gasteiger partial charge in [-0.15, -0.1) is 11.3 Å². The summed E-state index contributed by atoms with van der Waals surface area (Å²) in [4.78, 5) is 14.1. The molecule has 0 bridgehead atoms. The van der Waals surface area contributed by atoms with Crippen LogP contribution in [0.5, 0.6) is 0 Å². The van der Waals surface area contributed by atoms with Gasteiger partial charge in [0.25, 0.3) is 5.91 Å². The van der Waals surface area contributed by atoms with Gasteiger partial charge in [-0.1, -0.05) is 11.6 Å². The lowest BCUT2D eigenvalue weighted by Crippen LogP contribution is -2.35. The van der Waals surface area contributed by atoms with Crippen molar-refractivity contribution in [3.05, 3.63) is 21.3 Å². The van der Waals surface area contributed by atoms with Crippen LogP contribution in [-0.4, -0.2) is 49.3 Å². The number of methoxy groups -OCH3 is 1. The number of hydrogen-bond donors (Lipinski definition) is 1. The quantitative estimate of drug-likeness (QED) is 0.846. The smallest absolute Gasteiger partial charge is 0.264 e. The summed E-state index contributed by atoms with van der Waals surface area (Å²) in [6.45, 7) is 1.16. The van der Waals surface area contributed by atoms with Crippen LogP contribution in [0.25, 0.3) is 0 Å². The van der Waals surface area contributed by atoms with Gasteiger partial charge >= 0.3 is 0 Å². The first kappa shape index (κ1) is 13.4. The van der Waals surface area contributed by atoms with E-state index in [2.05, 4.69) is 0 Å². The molecule has 0 aliphatic carbocycles. The Bertz CT molecular complexity index is 343. The van der Waals surface area contributed by atoms with Gasteiger partial charge in [-0.05, 0) is 12.1 Å². The molecule has 1 aromatic heterocycles. The Balaban J connectivity index is 2.66. The van der Waals surface area contributed by atoms with Crippen LogP contribution in [0.4, 0.5) is 0 Å². The third-order valence-electron chi connectivity index (χ3n) is 2.01. The number of rotatable bonds is 6. The highest BCUT2D eigenvalue weighted by Crippen LogP contribution is 2.22. The molecule has 0 spiro atoms. The SMILES string of the molecule is COCCN(CCO)C(=O)c1ccc(Cl)s1. The molecule has 0 saturated heterocycles. The number of thiophene rings is 1. The number of nitrogens with zero attached hydrogens (tertiary/aromatic N) is 1. The fraction of sp³-hybridized carbons (Fsp3) is 0.500. The first-order valence-corrected chi connectivity index (χ1v) is 6.03. The van der Waals surface area contributed by atoms with Crippen molar-refractivity contribution in [2.75, 3.05) is 33.4 Å². The van der Waals surface area contributed by atoms with E-state index in [0.717, 1.165) is 0 Å². The molecule has 6 heteroatoms. The summed E-state index contributed by atoms with van der Waals surface area (Å²) in [6.07, 6.45) is 0. The molecule has 90 valence electrons. The fourth-order valence-corrected chi connectivity index (χ4v) is 2.23. The molecular formula is C10H14ClNO3S. The Hall–Kier alpha value is -0.620. The highest BCUT2D eigenvalue weighted by Gasteiger charge is 2.16. The van der Waals surface area contributed by atoms with Gasteiger partial charge in [-0.2, -0.15) is 0 Å². The second-order valence-electron chi connectivity index (χ2n) is 3.11. The number of aliphatic hydroxyl groups is 1. The zero-order valence-electron chi connectivity index (χ0n) is 8.98. The molecule has 0 unspecified atom stereocenters. The first-order chi connectivity index (χ1) is 7.69. The Morgan fingerprint density at radius 3 is 2.81 bits per heavy atom. The summed E-state index contributed by atoms with van der Waals surface area (Å²) in [5, 5.41) is 8.88. The van der Waals surface area contributed by atoms with E-state index in [-0.39, 0.29) is 12.5 Å². The van der Waals surface area contributed by atoms with Gasteiger partial charge < -0.3 is 14.7 Å². The van der Waals surface area contributed by atoms with Crippen molar-refractivity contribution in [2.45, 2.75) is 0 Å². The van der Waals surface area contributed by atoms with E-state index in [4.69, 9.17) is 21.4 Å². The summed E-state index contributed by atoms with van der Waals surface area (Å²) in [5.74, 6) is -0.122. The molecule has 1 heterocycles. The summed E-state index contributed by atoms with van der Waals surface area (Å²) in [7, 11) is 1.57. The topological polar surface area (TPSA) is 49.8 Å². The maximum atomic E-state index is 12.0. The number of aliphatic hydroxyl groups excluding tert-OH is 1. The van der Waals surface area contributed by atoms with Crippen molar-refractivity contribution < 1.29 is 14.6 Å². The molecule has 0 fully saturated rings. The van der Waals surface area contributed by atoms with Crippen molar-refractivity contribution in [2.24, 2.45) is 0 Å². The van der Waals surface area contributed by atoms with Gasteiger partial charge in [0.2, 0.25) is 0 Å². The predicted molar refractivity (Wildman–Crippen MR) is 64.2 cm³/mol. The van der Waals surface area contributed by atoms with Crippen LogP contribution in [0.1, 0.15) is 9.67 Å². The van der Waals surface area contributed by atoms with Gasteiger partial charge in [0, 0.05) is 20.2 Å². The highest BCUT2D eigenvalue weighted by atomic mass is 35.5. The molecule has 4 nitrogen and oxygen atoms in total. The lowest BCUT2D eigenvalue weighted by molar-refractivity contribution is 0.0661. The van der Waals surface area contributed by atoms with Crippen molar-refractivity contribution >= 4 is 28.8 Å². The lowest BCUT2D eigenvalue weighted by atomic mass is 10.4. The molecule has 0 radical (unpaired) electrons. The van der Waals surface area contributed by atoms with E-state index in [0.29, 0.717) is 28.9 Å². The fourth-order valence-electron chi connectivity index (χ4n) is 1.22. The molecular weight excluding hydrogens is 250 g/mol. The molecule has 1 N–H and O–H groups in total. The minimum Gasteiger partial charge on any atom is -0.395 e. The molecule has 0 atom stereocenters. The lowest BCUT2D eigenvalue weighted by Gasteiger charge is -2.20. The van der Waals surface area contributed by atoms with Crippen LogP contribution in [0.3, 0.4) is 0 Å². The van der Waals surface area contributed by atoms with Crippen molar-refractivity contribution in [3.8, 4) is 0 Å². The maximum absolute atomic E-state index is 12.0. The van der Waals surface area contributed by atoms with E-state index >= 15 is 0 Å². The summed E-state index contributed by atoms with van der Waals surface area (Å²) in [5.41, 5.74) is 0. The summed E-state index contributed by atoms with van der Waals surface area (Å²) >= 11 is 7.00. The summed E-state index contributed by atoms with van der Waals surface area (Å²) < 4.78 is 5.49. The van der Waals surface area contributed by atoms with Crippen LogP contribution in [0, 0.1) is 0 Å². The van der Waals surface area contributed by atoms with Gasteiger partial charge in [-0.3, -0.25) is 4.79 Å². The number of halogens is 1. The largest absolute Gasteiger partial charge is 0.395 e. The minimum absolute atomic E-state index is 0.0610. The van der Waals surface area contributed by atoms with Gasteiger partial charge in [-0.25, -0.2) is 0 Å². The van der Waals surface area contributed by atoms with Crippen LogP contribution in [0.2, 0.25) is 4.34 Å². The highest BCUT2D eigenvalue weighted by molar-refractivity contribution is 7.17. The normalized spacial score (nSPS) is 10.4. The molecule has 1 rings (SSSR count). The Kier molecular flexibility index (Phi) is 5.76. The standard InChI is InChI=1S/C10H14ClNO3S/c1-15-7-5-12(4-6-13)10(14)8-2-3-9(11)16-8/h2-3,13H,4-7H2,1H3. The van der Waals surface area contributed by atoms with E-state index in [1.54, 1.807) is 24.1 Å². The van der Waals surface area contributed by atoms with Crippen LogP contribution < -0.4 is 0 Å². The Morgan fingerprint density at radius 1 is 1.56 bits per heavy atom. The average molecular weight is 264 g/mol. The average Bonchev–Trinajstić information content (AvgIpc) is 2.70. The van der Waals surface area contributed by atoms with E-state index in [1.807, 2.05) is 0 Å². The zero-order valence-corrected chi connectivity index (χ0v) is 10.6. The Morgan fingerprint density at radius 2 is 2.31 bits per heavy atom. The molecule has 1 amide bonds. The van der Waals surface area contributed by atoms with E-state index in [1.165, 1.54) is 11.3 Å². The number of hydrogen-bond acceptors (Lipinski definition) is 4. The van der Waals surface area contributed by atoms with Crippen LogP contribution in [0.15, 0.2) is 12.1 Å². The second kappa shape index (κ2) is 6.85. The Labute approximate surface area is 103 Å². The number of amides is 1. The molecule has 0 saturated carbocycles. The van der Waals surface area contributed by atoms with Crippen molar-refractivity contribution in [1.29, 1.82) is 0 Å². The van der Waals surface area contributed by atoms with Gasteiger partial charge in [0.05, 0.1) is 22.4 Å². The van der Waals surface area contributed by atoms with E-state index < -0.39 is 0 Å². The molecule has 16 heavy (non-hydrogen) atoms. The molecule has 1 aromatic rings. The van der Waals surface area contributed by atoms with Crippen LogP contribution >= 0.6 is 22.9 Å². The predicted octanol–water partition coefficient (Wildman–Crippen LogP) is 1.48. The molecule has 0 aliphatic heterocycles. The maximum Gasteiger partial charge on any atom is 0.264 e. The number of ether oxygens (including phenoxy) is 1. The zero-order chi connectivity index (χ0) is 12.0. The number of carbonyl (C=O) groups is 1. The van der Waals surface area contributed by atoms with Gasteiger partial charge in [0.1, 0.15) is 0 Å². The van der Waals surface area contributed by atoms with Gasteiger partial charge in [0.15, 0.2) is 0 Å². The van der Waals surface area contributed by atoms with E-state index in [9.17, 15) is 4.79 Å². The third kappa shape index (κ3) is 3.75. The second-order valence-corrected chi connectivity index (χ2v) is 4.83. The molecule has 0 aliphatic rings. The molecule has 0 aromatic carbocycles. The van der Waals surface area contributed by atoms with Crippen molar-refractivity contribution in [3.63, 3.8) is 0 Å².